The molecule has 0 radical (unpaired) electrons. The molecule has 8 heavy (non-hydrogen) atoms. The molecule has 0 aromatic carbocycles. The summed E-state index contributed by atoms with van der Waals surface area (Å²) in [6.07, 6.45) is 1.61. The van der Waals surface area contributed by atoms with Gasteiger partial charge in [0, 0.05) is 12.8 Å². The Morgan fingerprint density at radius 3 is 2.12 bits per heavy atom. The predicted molar refractivity (Wildman–Crippen MR) is 35.4 cm³/mol. The zero-order chi connectivity index (χ0) is 6.57. The molecule has 0 aromatic heterocycles. The van der Waals surface area contributed by atoms with Gasteiger partial charge in [-0.25, -0.2) is 0 Å². The molecule has 0 unspecified atom stereocenters. The molecule has 0 rings (SSSR count). The summed E-state index contributed by atoms with van der Waals surface area (Å²) in [5, 5.41) is 8.63. The van der Waals surface area contributed by atoms with Gasteiger partial charge in [0.15, 0.2) is 0 Å². The number of aliphatic hydroxyl groups is 1. The minimum absolute atomic E-state index is 0.299. The summed E-state index contributed by atoms with van der Waals surface area (Å²) in [6.45, 7) is 3.45. The van der Waals surface area contributed by atoms with Gasteiger partial charge in [0.1, 0.15) is 0 Å². The molecule has 0 saturated heterocycles. The second kappa shape index (κ2) is 3.24. The molecule has 0 heterocycles. The van der Waals surface area contributed by atoms with Crippen LogP contribution < -0.4 is 0 Å². The molecule has 0 atom stereocenters. The van der Waals surface area contributed by atoms with Crippen molar-refractivity contribution >= 4 is 5.71 Å². The van der Waals surface area contributed by atoms with E-state index in [-0.39, 0.29) is 0 Å². The van der Waals surface area contributed by atoms with Gasteiger partial charge in [0.2, 0.25) is 0 Å². The first-order chi connectivity index (χ1) is 3.66. The summed E-state index contributed by atoms with van der Waals surface area (Å²) in [7, 11) is 1.69. The van der Waals surface area contributed by atoms with Crippen molar-refractivity contribution in [2.75, 3.05) is 7.05 Å². The van der Waals surface area contributed by atoms with E-state index in [1.807, 2.05) is 6.92 Å². The number of aliphatic hydroxyl groups excluding tert-OH is 1. The summed E-state index contributed by atoms with van der Waals surface area (Å²) >= 11 is 0. The SMILES string of the molecule is C/N=C(C)/C=C(/C)O. The molecule has 2 nitrogen and oxygen atoms in total. The second-order valence-electron chi connectivity index (χ2n) is 1.65. The fourth-order valence-corrected chi connectivity index (χ4v) is 0.367. The molecule has 0 saturated carbocycles. The Kier molecular flexibility index (Phi) is 2.92. The average molecular weight is 113 g/mol. The second-order valence-corrected chi connectivity index (χ2v) is 1.65. The van der Waals surface area contributed by atoms with E-state index in [9.17, 15) is 0 Å². The third-order valence-corrected chi connectivity index (χ3v) is 0.770. The molecule has 46 valence electrons. The Morgan fingerprint density at radius 1 is 1.50 bits per heavy atom. The predicted octanol–water partition coefficient (Wildman–Crippen LogP) is 1.54. The van der Waals surface area contributed by atoms with Crippen molar-refractivity contribution in [2.24, 2.45) is 4.99 Å². The number of allylic oxidation sites excluding steroid dienone is 2. The highest BCUT2D eigenvalue weighted by atomic mass is 16.3. The molecule has 0 aliphatic carbocycles. The van der Waals surface area contributed by atoms with Crippen LogP contribution >= 0.6 is 0 Å². The van der Waals surface area contributed by atoms with Crippen molar-refractivity contribution in [3.8, 4) is 0 Å². The van der Waals surface area contributed by atoms with Gasteiger partial charge in [-0.1, -0.05) is 0 Å². The van der Waals surface area contributed by atoms with Crippen LogP contribution in [0.3, 0.4) is 0 Å². The van der Waals surface area contributed by atoms with Crippen LogP contribution in [0.1, 0.15) is 13.8 Å². The standard InChI is InChI=1S/C6H11NO/c1-5(7-3)4-6(2)8/h4,8H,1-3H3/b6-4-,7-5+. The van der Waals surface area contributed by atoms with Crippen molar-refractivity contribution in [3.63, 3.8) is 0 Å². The van der Waals surface area contributed by atoms with Crippen LogP contribution in [0.25, 0.3) is 0 Å². The van der Waals surface area contributed by atoms with Gasteiger partial charge in [-0.05, 0) is 19.9 Å². The van der Waals surface area contributed by atoms with Gasteiger partial charge in [0.05, 0.1) is 5.76 Å². The van der Waals surface area contributed by atoms with E-state index < -0.39 is 0 Å². The lowest BCUT2D eigenvalue weighted by atomic mass is 10.3. The molecule has 1 N–H and O–H groups in total. The molecule has 0 fully saturated rings. The lowest BCUT2D eigenvalue weighted by Crippen LogP contribution is -1.84. The van der Waals surface area contributed by atoms with Crippen LogP contribution in [0, 0.1) is 0 Å². The molecule has 0 amide bonds. The van der Waals surface area contributed by atoms with Gasteiger partial charge in [-0.15, -0.1) is 0 Å². The highest BCUT2D eigenvalue weighted by Gasteiger charge is 1.81. The number of hydrogen-bond acceptors (Lipinski definition) is 2. The van der Waals surface area contributed by atoms with E-state index >= 15 is 0 Å². The number of hydrogen-bond donors (Lipinski definition) is 1. The number of aliphatic imine (C=N–C) groups is 1. The van der Waals surface area contributed by atoms with E-state index in [1.54, 1.807) is 20.0 Å². The molecule has 0 bridgehead atoms. The highest BCUT2D eigenvalue weighted by Crippen LogP contribution is 1.85. The zero-order valence-corrected chi connectivity index (χ0v) is 5.47. The van der Waals surface area contributed by atoms with Crippen LogP contribution in [0.15, 0.2) is 16.8 Å². The van der Waals surface area contributed by atoms with Crippen LogP contribution in [-0.4, -0.2) is 17.9 Å². The van der Waals surface area contributed by atoms with E-state index in [1.165, 1.54) is 0 Å². The topological polar surface area (TPSA) is 32.6 Å². The summed E-state index contributed by atoms with van der Waals surface area (Å²) in [5.41, 5.74) is 0.838. The van der Waals surface area contributed by atoms with Gasteiger partial charge >= 0.3 is 0 Å². The average Bonchev–Trinajstić information content (AvgIpc) is 1.65. The first kappa shape index (κ1) is 7.21. The lowest BCUT2D eigenvalue weighted by molar-refractivity contribution is 0.415. The summed E-state index contributed by atoms with van der Waals surface area (Å²) in [6, 6.07) is 0. The van der Waals surface area contributed by atoms with E-state index in [0.717, 1.165) is 5.71 Å². The lowest BCUT2D eigenvalue weighted by Gasteiger charge is -1.87. The van der Waals surface area contributed by atoms with E-state index in [0.29, 0.717) is 5.76 Å². The largest absolute Gasteiger partial charge is 0.513 e. The van der Waals surface area contributed by atoms with Gasteiger partial charge < -0.3 is 5.11 Å². The molecular formula is C6H11NO. The highest BCUT2D eigenvalue weighted by molar-refractivity contribution is 5.92. The summed E-state index contributed by atoms with van der Waals surface area (Å²) < 4.78 is 0. The van der Waals surface area contributed by atoms with Gasteiger partial charge in [-0.2, -0.15) is 0 Å². The maximum Gasteiger partial charge on any atom is 0.0909 e. The minimum atomic E-state index is 0.299. The minimum Gasteiger partial charge on any atom is -0.513 e. The van der Waals surface area contributed by atoms with Crippen molar-refractivity contribution in [3.05, 3.63) is 11.8 Å². The Labute approximate surface area is 49.6 Å². The van der Waals surface area contributed by atoms with Crippen LogP contribution in [0.4, 0.5) is 0 Å². The third-order valence-electron chi connectivity index (χ3n) is 0.770. The first-order valence-corrected chi connectivity index (χ1v) is 2.47. The maximum absolute atomic E-state index is 8.63. The maximum atomic E-state index is 8.63. The number of nitrogens with zero attached hydrogens (tertiary/aromatic N) is 1. The molecule has 0 spiro atoms. The Hall–Kier alpha value is -0.790. The third kappa shape index (κ3) is 3.40. The number of rotatable bonds is 1. The van der Waals surface area contributed by atoms with Crippen molar-refractivity contribution in [2.45, 2.75) is 13.8 Å². The van der Waals surface area contributed by atoms with Crippen LogP contribution in [0.2, 0.25) is 0 Å². The van der Waals surface area contributed by atoms with Gasteiger partial charge in [0.25, 0.3) is 0 Å². The molecule has 2 heteroatoms. The summed E-state index contributed by atoms with van der Waals surface area (Å²) in [5.74, 6) is 0.299. The normalized spacial score (nSPS) is 14.4. The van der Waals surface area contributed by atoms with Crippen molar-refractivity contribution < 1.29 is 5.11 Å². The first-order valence-electron chi connectivity index (χ1n) is 2.47. The fourth-order valence-electron chi connectivity index (χ4n) is 0.367. The van der Waals surface area contributed by atoms with Crippen molar-refractivity contribution in [1.29, 1.82) is 0 Å². The Bertz CT molecular complexity index is 120. The molecule has 0 aromatic rings. The van der Waals surface area contributed by atoms with E-state index in [2.05, 4.69) is 4.99 Å². The van der Waals surface area contributed by atoms with Crippen molar-refractivity contribution in [1.82, 2.24) is 0 Å². The fraction of sp³-hybridized carbons (Fsp3) is 0.500. The monoisotopic (exact) mass is 113 g/mol. The zero-order valence-electron chi connectivity index (χ0n) is 5.47. The smallest absolute Gasteiger partial charge is 0.0909 e. The molecule has 0 aliphatic rings. The Balaban J connectivity index is 3.89. The summed E-state index contributed by atoms with van der Waals surface area (Å²) in [4.78, 5) is 3.81. The van der Waals surface area contributed by atoms with E-state index in [4.69, 9.17) is 5.11 Å². The Morgan fingerprint density at radius 2 is 2.00 bits per heavy atom. The van der Waals surface area contributed by atoms with Crippen LogP contribution in [0.5, 0.6) is 0 Å². The quantitative estimate of drug-likeness (QED) is 0.406. The molecule has 0 aliphatic heterocycles. The molecular weight excluding hydrogens is 102 g/mol. The van der Waals surface area contributed by atoms with Gasteiger partial charge in [-0.3, -0.25) is 4.99 Å². The van der Waals surface area contributed by atoms with Crippen LogP contribution in [-0.2, 0) is 0 Å².